The number of thiophene rings is 1. The van der Waals surface area contributed by atoms with E-state index < -0.39 is 6.61 Å². The Morgan fingerprint density at radius 1 is 1.26 bits per heavy atom. The van der Waals surface area contributed by atoms with E-state index in [1.807, 2.05) is 13.8 Å². The summed E-state index contributed by atoms with van der Waals surface area (Å²) in [5.74, 6) is 1.36. The average molecular weight is 448 g/mol. The first-order valence-electron chi connectivity index (χ1n) is 10.0. The van der Waals surface area contributed by atoms with Crippen LogP contribution in [-0.2, 0) is 6.42 Å². The second-order valence-electron chi connectivity index (χ2n) is 7.55. The third-order valence-corrected chi connectivity index (χ3v) is 6.46. The van der Waals surface area contributed by atoms with Crippen molar-refractivity contribution in [3.05, 3.63) is 45.7 Å². The number of nitrogens with zero attached hydrogens (tertiary/aromatic N) is 2. The molecule has 0 atom stereocenters. The Morgan fingerprint density at radius 2 is 2.03 bits per heavy atom. The van der Waals surface area contributed by atoms with Crippen LogP contribution in [-0.4, -0.2) is 36.1 Å². The lowest BCUT2D eigenvalue weighted by atomic mass is 10.1. The van der Waals surface area contributed by atoms with Crippen LogP contribution in [0.25, 0.3) is 10.2 Å². The van der Waals surface area contributed by atoms with Gasteiger partial charge in [0.05, 0.1) is 17.7 Å². The Balaban J connectivity index is 1.45. The van der Waals surface area contributed by atoms with Crippen LogP contribution >= 0.6 is 11.3 Å². The normalized spacial score (nSPS) is 13.6. The minimum Gasteiger partial charge on any atom is -0.493 e. The Labute approximate surface area is 182 Å². The lowest BCUT2D eigenvalue weighted by Gasteiger charge is -2.12. The summed E-state index contributed by atoms with van der Waals surface area (Å²) in [5.41, 5.74) is 2.54. The van der Waals surface area contributed by atoms with E-state index in [0.717, 1.165) is 45.7 Å². The molecule has 0 unspecified atom stereocenters. The fourth-order valence-electron chi connectivity index (χ4n) is 3.57. The van der Waals surface area contributed by atoms with Gasteiger partial charge in [0.1, 0.15) is 10.7 Å². The van der Waals surface area contributed by atoms with Crippen molar-refractivity contribution in [3.63, 3.8) is 0 Å². The molecule has 1 N–H and O–H groups in total. The molecule has 0 bridgehead atoms. The lowest BCUT2D eigenvalue weighted by molar-refractivity contribution is -0.0512. The average Bonchev–Trinajstić information content (AvgIpc) is 3.51. The van der Waals surface area contributed by atoms with Crippen molar-refractivity contribution >= 4 is 27.5 Å². The Hall–Kier alpha value is -2.81. The largest absolute Gasteiger partial charge is 0.493 e. The molecule has 3 aromatic rings. The number of nitrogens with one attached hydrogen (secondary N) is 1. The van der Waals surface area contributed by atoms with Crippen LogP contribution in [0, 0.1) is 13.8 Å². The number of alkyl halides is 2. The number of aromatic nitrogens is 2. The highest BCUT2D eigenvalue weighted by Gasteiger charge is 2.28. The van der Waals surface area contributed by atoms with Gasteiger partial charge in [-0.2, -0.15) is 8.78 Å². The molecule has 1 aliphatic rings. The van der Waals surface area contributed by atoms with Gasteiger partial charge < -0.3 is 14.8 Å². The van der Waals surface area contributed by atoms with Crippen molar-refractivity contribution in [3.8, 4) is 11.5 Å². The summed E-state index contributed by atoms with van der Waals surface area (Å²) in [5, 5.41) is 3.86. The maximum absolute atomic E-state index is 12.8. The van der Waals surface area contributed by atoms with Crippen LogP contribution in [0.4, 0.5) is 8.78 Å². The predicted molar refractivity (Wildman–Crippen MR) is 115 cm³/mol. The molecule has 164 valence electrons. The molecule has 9 heteroatoms. The molecule has 0 spiro atoms. The number of ether oxygens (including phenoxy) is 2. The Bertz CT molecular complexity index is 1130. The summed E-state index contributed by atoms with van der Waals surface area (Å²) in [6.45, 7) is 1.29. The third-order valence-electron chi connectivity index (χ3n) is 5.28. The summed E-state index contributed by atoms with van der Waals surface area (Å²) in [6.07, 6.45) is 2.71. The fourth-order valence-corrected chi connectivity index (χ4v) is 4.72. The van der Waals surface area contributed by atoms with E-state index in [9.17, 15) is 13.6 Å². The van der Waals surface area contributed by atoms with Crippen LogP contribution in [0.2, 0.25) is 0 Å². The van der Waals surface area contributed by atoms with Crippen LogP contribution in [0.3, 0.4) is 0 Å². The minimum atomic E-state index is -2.94. The molecule has 31 heavy (non-hydrogen) atoms. The number of carbonyl (C=O) groups excluding carboxylic acids is 1. The molecule has 1 amide bonds. The zero-order chi connectivity index (χ0) is 22.1. The number of carbonyl (C=O) groups is 1. The quantitative estimate of drug-likeness (QED) is 0.539. The van der Waals surface area contributed by atoms with Crippen LogP contribution < -0.4 is 14.8 Å². The molecule has 0 aliphatic heterocycles. The molecular formula is C22H23F2N3O3S. The van der Waals surface area contributed by atoms with Crippen molar-refractivity contribution < 1.29 is 23.0 Å². The third kappa shape index (κ3) is 4.61. The van der Waals surface area contributed by atoms with E-state index in [4.69, 9.17) is 4.74 Å². The van der Waals surface area contributed by atoms with Crippen molar-refractivity contribution in [1.82, 2.24) is 15.3 Å². The molecule has 1 fully saturated rings. The molecule has 6 nitrogen and oxygen atoms in total. The summed E-state index contributed by atoms with van der Waals surface area (Å²) in [7, 11) is 1.39. The van der Waals surface area contributed by atoms with Gasteiger partial charge in [-0.05, 0) is 56.4 Å². The van der Waals surface area contributed by atoms with Crippen LogP contribution in [0.15, 0.2) is 18.2 Å². The molecule has 1 aliphatic carbocycles. The number of rotatable bonds is 8. The maximum Gasteiger partial charge on any atom is 0.387 e. The molecule has 0 radical (unpaired) electrons. The molecule has 1 saturated carbocycles. The Kier molecular flexibility index (Phi) is 6.04. The highest BCUT2D eigenvalue weighted by molar-refractivity contribution is 7.20. The molecule has 4 rings (SSSR count). The van der Waals surface area contributed by atoms with E-state index in [1.165, 1.54) is 24.5 Å². The number of amides is 1. The zero-order valence-corrected chi connectivity index (χ0v) is 18.3. The number of halogens is 2. The topological polar surface area (TPSA) is 73.3 Å². The van der Waals surface area contributed by atoms with Gasteiger partial charge in [0.25, 0.3) is 5.91 Å². The molecule has 1 aromatic carbocycles. The van der Waals surface area contributed by atoms with Gasteiger partial charge in [0.15, 0.2) is 11.5 Å². The molecule has 2 heterocycles. The van der Waals surface area contributed by atoms with Gasteiger partial charge in [0, 0.05) is 17.8 Å². The van der Waals surface area contributed by atoms with Gasteiger partial charge in [0.2, 0.25) is 0 Å². The first-order chi connectivity index (χ1) is 14.9. The van der Waals surface area contributed by atoms with E-state index in [-0.39, 0.29) is 17.4 Å². The fraction of sp³-hybridized carbons (Fsp3) is 0.409. The monoisotopic (exact) mass is 447 g/mol. The first-order valence-corrected chi connectivity index (χ1v) is 10.9. The second kappa shape index (κ2) is 8.74. The van der Waals surface area contributed by atoms with Gasteiger partial charge in [-0.1, -0.05) is 6.07 Å². The summed E-state index contributed by atoms with van der Waals surface area (Å²) >= 11 is 1.38. The van der Waals surface area contributed by atoms with Crippen molar-refractivity contribution in [2.45, 2.75) is 45.6 Å². The Morgan fingerprint density at radius 3 is 2.71 bits per heavy atom. The van der Waals surface area contributed by atoms with Crippen molar-refractivity contribution in [2.24, 2.45) is 0 Å². The molecule has 0 saturated heterocycles. The number of hydrogen-bond acceptors (Lipinski definition) is 6. The second-order valence-corrected chi connectivity index (χ2v) is 8.55. The van der Waals surface area contributed by atoms with E-state index in [2.05, 4.69) is 20.0 Å². The standard InChI is InChI=1S/C22H23F2N3O3S/c1-11-17-12(2)26-19(14-5-6-14)27-21(17)31-18(11)20(28)25-9-8-13-4-7-15(29-3)16(10-13)30-22(23)24/h4,7,10,14,22H,5-6,8-9H2,1-3H3,(H,25,28). The minimum absolute atomic E-state index is 0.0257. The summed E-state index contributed by atoms with van der Waals surface area (Å²) in [6, 6.07) is 4.83. The number of methoxy groups -OCH3 is 1. The van der Waals surface area contributed by atoms with Crippen molar-refractivity contribution in [2.75, 3.05) is 13.7 Å². The van der Waals surface area contributed by atoms with Gasteiger partial charge in [-0.15, -0.1) is 11.3 Å². The SMILES string of the molecule is COc1ccc(CCNC(=O)c2sc3nc(C4CC4)nc(C)c3c2C)cc1OC(F)F. The van der Waals surface area contributed by atoms with E-state index in [0.29, 0.717) is 23.8 Å². The number of hydrogen-bond donors (Lipinski definition) is 1. The van der Waals surface area contributed by atoms with Crippen LogP contribution in [0.5, 0.6) is 11.5 Å². The van der Waals surface area contributed by atoms with Crippen molar-refractivity contribution in [1.29, 1.82) is 0 Å². The number of benzene rings is 1. The highest BCUT2D eigenvalue weighted by Crippen LogP contribution is 2.40. The van der Waals surface area contributed by atoms with E-state index in [1.54, 1.807) is 12.1 Å². The van der Waals surface area contributed by atoms with Gasteiger partial charge in [-0.3, -0.25) is 4.79 Å². The predicted octanol–water partition coefficient (Wildman–Crippen LogP) is 4.77. The zero-order valence-electron chi connectivity index (χ0n) is 17.5. The van der Waals surface area contributed by atoms with E-state index >= 15 is 0 Å². The molecule has 2 aromatic heterocycles. The lowest BCUT2D eigenvalue weighted by Crippen LogP contribution is -2.25. The number of fused-ring (bicyclic) bond motifs is 1. The van der Waals surface area contributed by atoms with Crippen LogP contribution in [0.1, 0.15) is 51.1 Å². The molecular weight excluding hydrogens is 424 g/mol. The first kappa shape index (κ1) is 21.4. The maximum atomic E-state index is 12.8. The highest BCUT2D eigenvalue weighted by atomic mass is 32.1. The smallest absolute Gasteiger partial charge is 0.387 e. The van der Waals surface area contributed by atoms with Gasteiger partial charge >= 0.3 is 6.61 Å². The number of aryl methyl sites for hydroxylation is 2. The summed E-state index contributed by atoms with van der Waals surface area (Å²) < 4.78 is 34.7. The van der Waals surface area contributed by atoms with Gasteiger partial charge in [-0.25, -0.2) is 9.97 Å². The summed E-state index contributed by atoms with van der Waals surface area (Å²) in [4.78, 5) is 23.6.